The van der Waals surface area contributed by atoms with E-state index < -0.39 is 5.97 Å². The van der Waals surface area contributed by atoms with E-state index >= 15 is 0 Å². The number of amides is 1. The molecule has 0 aliphatic carbocycles. The van der Waals surface area contributed by atoms with Gasteiger partial charge >= 0.3 is 5.97 Å². The third-order valence-corrected chi connectivity index (χ3v) is 4.59. The minimum absolute atomic E-state index is 0.122. The van der Waals surface area contributed by atoms with Gasteiger partial charge in [-0.1, -0.05) is 19.9 Å². The molecule has 2 aromatic rings. The van der Waals surface area contributed by atoms with E-state index in [1.165, 1.54) is 0 Å². The number of esters is 1. The molecule has 1 amide bonds. The Morgan fingerprint density at radius 2 is 1.76 bits per heavy atom. The molecular weight excluding hydrogens is 372 g/mol. The van der Waals surface area contributed by atoms with Gasteiger partial charge in [0, 0.05) is 12.1 Å². The van der Waals surface area contributed by atoms with Gasteiger partial charge in [-0.05, 0) is 47.9 Å². The van der Waals surface area contributed by atoms with Gasteiger partial charge in [-0.2, -0.15) is 0 Å². The first kappa shape index (κ1) is 20.5. The van der Waals surface area contributed by atoms with Crippen LogP contribution < -0.4 is 20.5 Å². The monoisotopic (exact) mass is 398 g/mol. The van der Waals surface area contributed by atoms with E-state index in [2.05, 4.69) is 5.32 Å². The first-order valence-corrected chi connectivity index (χ1v) is 9.65. The maximum Gasteiger partial charge on any atom is 0.338 e. The van der Waals surface area contributed by atoms with Gasteiger partial charge < -0.3 is 25.3 Å². The van der Waals surface area contributed by atoms with Crippen molar-refractivity contribution in [2.24, 2.45) is 5.92 Å². The second-order valence-electron chi connectivity index (χ2n) is 7.24. The molecule has 0 spiro atoms. The molecule has 2 aromatic carbocycles. The highest BCUT2D eigenvalue weighted by Gasteiger charge is 2.22. The topological polar surface area (TPSA) is 99.9 Å². The maximum absolute atomic E-state index is 12.4. The molecule has 0 bridgehead atoms. The Bertz CT molecular complexity index is 864. The van der Waals surface area contributed by atoms with Crippen molar-refractivity contribution in [1.82, 2.24) is 5.32 Å². The van der Waals surface area contributed by atoms with Crippen molar-refractivity contribution in [3.63, 3.8) is 0 Å². The number of benzene rings is 2. The van der Waals surface area contributed by atoms with Gasteiger partial charge in [0.05, 0.1) is 24.8 Å². The van der Waals surface area contributed by atoms with Crippen molar-refractivity contribution < 1.29 is 23.8 Å². The molecule has 0 aromatic heterocycles. The molecule has 0 saturated carbocycles. The average molecular weight is 398 g/mol. The van der Waals surface area contributed by atoms with Crippen molar-refractivity contribution in [2.45, 2.75) is 26.3 Å². The summed E-state index contributed by atoms with van der Waals surface area (Å²) in [5.74, 6) is 0.556. The van der Waals surface area contributed by atoms with Gasteiger partial charge in [0.1, 0.15) is 0 Å². The fraction of sp³-hybridized carbons (Fsp3) is 0.364. The molecule has 154 valence electrons. The van der Waals surface area contributed by atoms with Crippen LogP contribution in [0.2, 0.25) is 0 Å². The van der Waals surface area contributed by atoms with Crippen molar-refractivity contribution >= 4 is 17.6 Å². The molecule has 1 aliphatic heterocycles. The Balaban J connectivity index is 1.63. The highest BCUT2D eigenvalue weighted by Crippen LogP contribution is 2.34. The van der Waals surface area contributed by atoms with E-state index in [0.29, 0.717) is 36.0 Å². The Labute approximate surface area is 170 Å². The second-order valence-corrected chi connectivity index (χ2v) is 7.24. The SMILES string of the molecule is CC(C)[C@@H](NC(=O)COC(=O)c1ccc(N)cc1)c1ccc2c(c1)OCCCO2. The molecule has 0 fully saturated rings. The quantitative estimate of drug-likeness (QED) is 0.573. The molecule has 3 N–H and O–H groups in total. The van der Waals surface area contributed by atoms with E-state index in [0.717, 1.165) is 12.0 Å². The number of fused-ring (bicyclic) bond motifs is 1. The predicted octanol–water partition coefficient (Wildman–Crippen LogP) is 3.10. The number of nitrogen functional groups attached to an aromatic ring is 1. The molecule has 7 nitrogen and oxygen atoms in total. The van der Waals surface area contributed by atoms with Crippen LogP contribution in [0.3, 0.4) is 0 Å². The lowest BCUT2D eigenvalue weighted by Crippen LogP contribution is -2.35. The van der Waals surface area contributed by atoms with E-state index in [1.807, 2.05) is 32.0 Å². The summed E-state index contributed by atoms with van der Waals surface area (Å²) < 4.78 is 16.5. The molecular formula is C22H26N2O5. The van der Waals surface area contributed by atoms with E-state index in [9.17, 15) is 9.59 Å². The first-order chi connectivity index (χ1) is 13.9. The van der Waals surface area contributed by atoms with E-state index in [4.69, 9.17) is 19.9 Å². The van der Waals surface area contributed by atoms with Crippen LogP contribution >= 0.6 is 0 Å². The van der Waals surface area contributed by atoms with Crippen molar-refractivity contribution in [3.8, 4) is 11.5 Å². The van der Waals surface area contributed by atoms with Crippen LogP contribution in [0.5, 0.6) is 11.5 Å². The summed E-state index contributed by atoms with van der Waals surface area (Å²) in [6.07, 6.45) is 0.827. The molecule has 29 heavy (non-hydrogen) atoms. The largest absolute Gasteiger partial charge is 0.490 e. The van der Waals surface area contributed by atoms with Crippen LogP contribution in [0, 0.1) is 5.92 Å². The Hall–Kier alpha value is -3.22. The second kappa shape index (κ2) is 9.32. The fourth-order valence-corrected chi connectivity index (χ4v) is 3.06. The maximum atomic E-state index is 12.4. The van der Waals surface area contributed by atoms with Crippen LogP contribution in [0.15, 0.2) is 42.5 Å². The summed E-state index contributed by atoms with van der Waals surface area (Å²) in [4.78, 5) is 24.5. The van der Waals surface area contributed by atoms with Crippen molar-refractivity contribution in [1.29, 1.82) is 0 Å². The van der Waals surface area contributed by atoms with Gasteiger partial charge in [-0.15, -0.1) is 0 Å². The third-order valence-electron chi connectivity index (χ3n) is 4.59. The lowest BCUT2D eigenvalue weighted by molar-refractivity contribution is -0.125. The third kappa shape index (κ3) is 5.40. The summed E-state index contributed by atoms with van der Waals surface area (Å²) in [5, 5.41) is 2.94. The number of anilines is 1. The molecule has 0 radical (unpaired) electrons. The molecule has 1 atom stereocenters. The molecule has 3 rings (SSSR count). The van der Waals surface area contributed by atoms with Crippen LogP contribution in [-0.2, 0) is 9.53 Å². The van der Waals surface area contributed by atoms with Crippen molar-refractivity contribution in [2.75, 3.05) is 25.6 Å². The van der Waals surface area contributed by atoms with Gasteiger partial charge in [0.15, 0.2) is 18.1 Å². The number of carbonyl (C=O) groups is 2. The number of ether oxygens (including phenoxy) is 3. The number of nitrogens with two attached hydrogens (primary N) is 1. The zero-order chi connectivity index (χ0) is 20.8. The number of carbonyl (C=O) groups excluding carboxylic acids is 2. The number of hydrogen-bond acceptors (Lipinski definition) is 6. The summed E-state index contributed by atoms with van der Waals surface area (Å²) in [7, 11) is 0. The van der Waals surface area contributed by atoms with E-state index in [-0.39, 0.29) is 24.5 Å². The van der Waals surface area contributed by atoms with Crippen LogP contribution in [0.1, 0.15) is 42.2 Å². The molecule has 0 saturated heterocycles. The lowest BCUT2D eigenvalue weighted by atomic mass is 9.95. The van der Waals surface area contributed by atoms with Gasteiger partial charge in [-0.3, -0.25) is 4.79 Å². The smallest absolute Gasteiger partial charge is 0.338 e. The van der Waals surface area contributed by atoms with E-state index in [1.54, 1.807) is 24.3 Å². The van der Waals surface area contributed by atoms with Crippen LogP contribution in [0.25, 0.3) is 0 Å². The first-order valence-electron chi connectivity index (χ1n) is 9.65. The Morgan fingerprint density at radius 1 is 1.07 bits per heavy atom. The zero-order valence-electron chi connectivity index (χ0n) is 16.6. The summed E-state index contributed by atoms with van der Waals surface area (Å²) in [6, 6.07) is 11.7. The molecule has 1 aliphatic rings. The average Bonchev–Trinajstić information content (AvgIpc) is 2.95. The van der Waals surface area contributed by atoms with Gasteiger partial charge in [0.2, 0.25) is 0 Å². The van der Waals surface area contributed by atoms with Crippen molar-refractivity contribution in [3.05, 3.63) is 53.6 Å². The zero-order valence-corrected chi connectivity index (χ0v) is 16.6. The summed E-state index contributed by atoms with van der Waals surface area (Å²) >= 11 is 0. The predicted molar refractivity (Wildman–Crippen MR) is 109 cm³/mol. The minimum Gasteiger partial charge on any atom is -0.490 e. The Kier molecular flexibility index (Phi) is 6.59. The summed E-state index contributed by atoms with van der Waals surface area (Å²) in [5.41, 5.74) is 7.40. The lowest BCUT2D eigenvalue weighted by Gasteiger charge is -2.23. The normalized spacial score (nSPS) is 14.0. The minimum atomic E-state index is -0.572. The molecule has 1 heterocycles. The highest BCUT2D eigenvalue weighted by atomic mass is 16.5. The van der Waals surface area contributed by atoms with Crippen LogP contribution in [-0.4, -0.2) is 31.7 Å². The highest BCUT2D eigenvalue weighted by molar-refractivity contribution is 5.91. The molecule has 7 heteroatoms. The van der Waals surface area contributed by atoms with Gasteiger partial charge in [0.25, 0.3) is 5.91 Å². The van der Waals surface area contributed by atoms with Gasteiger partial charge in [-0.25, -0.2) is 4.79 Å². The number of rotatable bonds is 6. The fourth-order valence-electron chi connectivity index (χ4n) is 3.06. The number of hydrogen-bond donors (Lipinski definition) is 2. The Morgan fingerprint density at radius 3 is 2.45 bits per heavy atom. The summed E-state index contributed by atoms with van der Waals surface area (Å²) in [6.45, 7) is 4.87. The standard InChI is InChI=1S/C22H26N2O5/c1-14(2)21(16-6-9-18-19(12-16)28-11-3-10-27-18)24-20(25)13-29-22(26)15-4-7-17(23)8-5-15/h4-9,12,14,21H,3,10-11,13,23H2,1-2H3,(H,24,25)/t21-/m1/s1. The number of nitrogens with one attached hydrogen (secondary N) is 1. The van der Waals surface area contributed by atoms with Crippen LogP contribution in [0.4, 0.5) is 5.69 Å². The molecule has 0 unspecified atom stereocenters.